The van der Waals surface area contributed by atoms with Crippen LogP contribution in [0.5, 0.6) is 5.75 Å². The molecular formula is C15H13IO3. The zero-order valence-electron chi connectivity index (χ0n) is 10.4. The first-order valence-electron chi connectivity index (χ1n) is 5.74. The maximum atomic E-state index is 11.8. The van der Waals surface area contributed by atoms with Crippen molar-refractivity contribution in [3.63, 3.8) is 0 Å². The molecule has 0 aliphatic rings. The van der Waals surface area contributed by atoms with Crippen LogP contribution < -0.4 is 4.74 Å². The van der Waals surface area contributed by atoms with Gasteiger partial charge in [0.15, 0.2) is 0 Å². The number of rotatable bonds is 4. The minimum atomic E-state index is -0.311. The Morgan fingerprint density at radius 3 is 2.53 bits per heavy atom. The van der Waals surface area contributed by atoms with Gasteiger partial charge < -0.3 is 9.47 Å². The van der Waals surface area contributed by atoms with Crippen LogP contribution in [-0.4, -0.2) is 13.1 Å². The van der Waals surface area contributed by atoms with Crippen molar-refractivity contribution in [3.05, 3.63) is 63.2 Å². The fourth-order valence-electron chi connectivity index (χ4n) is 1.57. The Morgan fingerprint density at radius 1 is 1.16 bits per heavy atom. The van der Waals surface area contributed by atoms with Crippen LogP contribution in [0.15, 0.2) is 48.5 Å². The van der Waals surface area contributed by atoms with Crippen LogP contribution in [-0.2, 0) is 11.3 Å². The third kappa shape index (κ3) is 3.96. The Morgan fingerprint density at radius 2 is 1.89 bits per heavy atom. The number of ether oxygens (including phenoxy) is 2. The molecule has 0 heterocycles. The van der Waals surface area contributed by atoms with Crippen LogP contribution >= 0.6 is 22.6 Å². The predicted octanol–water partition coefficient (Wildman–Crippen LogP) is 3.66. The highest BCUT2D eigenvalue weighted by atomic mass is 127. The van der Waals surface area contributed by atoms with Gasteiger partial charge in [0.2, 0.25) is 0 Å². The number of hydrogen-bond donors (Lipinski definition) is 0. The Balaban J connectivity index is 1.96. The number of carbonyl (C=O) groups is 1. The second kappa shape index (κ2) is 6.56. The average Bonchev–Trinajstić information content (AvgIpc) is 2.45. The van der Waals surface area contributed by atoms with Crippen molar-refractivity contribution in [1.29, 1.82) is 0 Å². The zero-order valence-corrected chi connectivity index (χ0v) is 12.6. The van der Waals surface area contributed by atoms with E-state index in [-0.39, 0.29) is 12.6 Å². The number of hydrogen-bond acceptors (Lipinski definition) is 3. The molecule has 0 spiro atoms. The molecule has 0 fully saturated rings. The van der Waals surface area contributed by atoms with Gasteiger partial charge in [-0.15, -0.1) is 0 Å². The Kier molecular flexibility index (Phi) is 4.79. The summed E-state index contributed by atoms with van der Waals surface area (Å²) in [5.41, 5.74) is 1.50. The van der Waals surface area contributed by atoms with Gasteiger partial charge in [0, 0.05) is 3.57 Å². The van der Waals surface area contributed by atoms with E-state index in [1.165, 1.54) is 0 Å². The Hall–Kier alpha value is -1.56. The average molecular weight is 368 g/mol. The van der Waals surface area contributed by atoms with Crippen LogP contribution in [0.25, 0.3) is 0 Å². The molecule has 0 N–H and O–H groups in total. The van der Waals surface area contributed by atoms with Gasteiger partial charge in [-0.1, -0.05) is 18.2 Å². The van der Waals surface area contributed by atoms with Crippen molar-refractivity contribution in [2.45, 2.75) is 6.61 Å². The first-order chi connectivity index (χ1) is 9.19. The summed E-state index contributed by atoms with van der Waals surface area (Å²) in [5.74, 6) is 0.474. The second-order valence-electron chi connectivity index (χ2n) is 3.93. The third-order valence-corrected chi connectivity index (χ3v) is 3.26. The molecule has 0 saturated heterocycles. The van der Waals surface area contributed by atoms with Gasteiger partial charge in [0.25, 0.3) is 0 Å². The van der Waals surface area contributed by atoms with E-state index in [9.17, 15) is 4.79 Å². The van der Waals surface area contributed by atoms with Crippen molar-refractivity contribution >= 4 is 28.6 Å². The van der Waals surface area contributed by atoms with Gasteiger partial charge in [-0.25, -0.2) is 4.79 Å². The van der Waals surface area contributed by atoms with Crippen LogP contribution in [0.2, 0.25) is 0 Å². The summed E-state index contributed by atoms with van der Waals surface area (Å²) < 4.78 is 11.3. The summed E-state index contributed by atoms with van der Waals surface area (Å²) >= 11 is 2.16. The smallest absolute Gasteiger partial charge is 0.338 e. The van der Waals surface area contributed by atoms with Crippen molar-refractivity contribution < 1.29 is 14.3 Å². The molecule has 0 aliphatic heterocycles. The molecule has 0 atom stereocenters. The third-order valence-electron chi connectivity index (χ3n) is 2.59. The van der Waals surface area contributed by atoms with Gasteiger partial charge >= 0.3 is 5.97 Å². The van der Waals surface area contributed by atoms with Gasteiger partial charge in [-0.05, 0) is 58.5 Å². The van der Waals surface area contributed by atoms with Crippen LogP contribution in [0.1, 0.15) is 15.9 Å². The molecule has 19 heavy (non-hydrogen) atoms. The maximum Gasteiger partial charge on any atom is 0.338 e. The molecule has 0 unspecified atom stereocenters. The van der Waals surface area contributed by atoms with Crippen LogP contribution in [0, 0.1) is 3.57 Å². The van der Waals surface area contributed by atoms with E-state index in [4.69, 9.17) is 9.47 Å². The fraction of sp³-hybridized carbons (Fsp3) is 0.133. The lowest BCUT2D eigenvalue weighted by atomic mass is 10.2. The van der Waals surface area contributed by atoms with Crippen molar-refractivity contribution in [1.82, 2.24) is 0 Å². The summed E-state index contributed by atoms with van der Waals surface area (Å²) in [4.78, 5) is 11.8. The summed E-state index contributed by atoms with van der Waals surface area (Å²) in [6.45, 7) is 0.258. The highest BCUT2D eigenvalue weighted by Gasteiger charge is 2.07. The zero-order chi connectivity index (χ0) is 13.7. The molecule has 0 bridgehead atoms. The summed E-state index contributed by atoms with van der Waals surface area (Å²) in [6.07, 6.45) is 0. The minimum Gasteiger partial charge on any atom is -0.497 e. The maximum absolute atomic E-state index is 11.8. The van der Waals surface area contributed by atoms with Gasteiger partial charge in [-0.2, -0.15) is 0 Å². The lowest BCUT2D eigenvalue weighted by Crippen LogP contribution is -2.05. The topological polar surface area (TPSA) is 35.5 Å². The fourth-order valence-corrected chi connectivity index (χ4v) is 2.11. The predicted molar refractivity (Wildman–Crippen MR) is 81.3 cm³/mol. The first-order valence-corrected chi connectivity index (χ1v) is 6.82. The summed E-state index contributed by atoms with van der Waals surface area (Å²) in [5, 5.41) is 0. The molecule has 2 aromatic rings. The lowest BCUT2D eigenvalue weighted by molar-refractivity contribution is 0.0472. The number of carbonyl (C=O) groups excluding carboxylic acids is 1. The van der Waals surface area contributed by atoms with E-state index in [0.29, 0.717) is 5.56 Å². The second-order valence-corrected chi connectivity index (χ2v) is 5.18. The molecule has 4 heteroatoms. The quantitative estimate of drug-likeness (QED) is 0.611. The van der Waals surface area contributed by atoms with E-state index in [1.54, 1.807) is 19.2 Å². The van der Waals surface area contributed by atoms with Crippen LogP contribution in [0.3, 0.4) is 0 Å². The molecule has 0 saturated carbocycles. The summed E-state index contributed by atoms with van der Waals surface area (Å²) in [7, 11) is 1.62. The molecule has 0 radical (unpaired) electrons. The molecule has 98 valence electrons. The number of benzene rings is 2. The monoisotopic (exact) mass is 368 g/mol. The molecule has 2 aromatic carbocycles. The largest absolute Gasteiger partial charge is 0.497 e. The molecule has 2 rings (SSSR count). The molecule has 0 aliphatic carbocycles. The highest BCUT2D eigenvalue weighted by molar-refractivity contribution is 14.1. The van der Waals surface area contributed by atoms with Gasteiger partial charge in [0.1, 0.15) is 12.4 Å². The summed E-state index contributed by atoms with van der Waals surface area (Å²) in [6, 6.07) is 14.8. The van der Waals surface area contributed by atoms with Crippen molar-refractivity contribution in [2.75, 3.05) is 7.11 Å². The molecular weight excluding hydrogens is 355 g/mol. The van der Waals surface area contributed by atoms with Gasteiger partial charge in [0.05, 0.1) is 12.7 Å². The van der Waals surface area contributed by atoms with Crippen LogP contribution in [0.4, 0.5) is 0 Å². The highest BCUT2D eigenvalue weighted by Crippen LogP contribution is 2.13. The lowest BCUT2D eigenvalue weighted by Gasteiger charge is -2.06. The van der Waals surface area contributed by atoms with E-state index in [0.717, 1.165) is 14.9 Å². The van der Waals surface area contributed by atoms with Gasteiger partial charge in [-0.3, -0.25) is 0 Å². The van der Waals surface area contributed by atoms with E-state index >= 15 is 0 Å². The Labute approximate surface area is 125 Å². The number of methoxy groups -OCH3 is 1. The van der Waals surface area contributed by atoms with Crippen molar-refractivity contribution in [2.24, 2.45) is 0 Å². The Bertz CT molecular complexity index is 564. The SMILES string of the molecule is COc1ccc(COC(=O)c2cccc(I)c2)cc1. The van der Waals surface area contributed by atoms with E-state index in [1.807, 2.05) is 36.4 Å². The van der Waals surface area contributed by atoms with Crippen molar-refractivity contribution in [3.8, 4) is 5.75 Å². The first kappa shape index (κ1) is 13.9. The number of esters is 1. The molecule has 0 aromatic heterocycles. The normalized spacial score (nSPS) is 10.0. The molecule has 3 nitrogen and oxygen atoms in total. The standard InChI is InChI=1S/C15H13IO3/c1-18-14-7-5-11(6-8-14)10-19-15(17)12-3-2-4-13(16)9-12/h2-9H,10H2,1H3. The molecule has 0 amide bonds. The van der Waals surface area contributed by atoms with E-state index < -0.39 is 0 Å². The number of halogens is 1. The minimum absolute atomic E-state index is 0.258. The van der Waals surface area contributed by atoms with E-state index in [2.05, 4.69) is 22.6 Å².